The lowest BCUT2D eigenvalue weighted by Gasteiger charge is -2.02. The predicted octanol–water partition coefficient (Wildman–Crippen LogP) is 3.60. The quantitative estimate of drug-likeness (QED) is 0.816. The Kier molecular flexibility index (Phi) is 5.81. The van der Waals surface area contributed by atoms with Gasteiger partial charge in [0.25, 0.3) is 0 Å². The number of carbonyl (C=O) groups is 1. The third-order valence-corrected chi connectivity index (χ3v) is 2.51. The number of nitrogens with two attached hydrogens (primary N) is 1. The number of hydrogen-bond donors (Lipinski definition) is 1. The molecule has 0 saturated carbocycles. The van der Waals surface area contributed by atoms with E-state index < -0.39 is 0 Å². The monoisotopic (exact) mass is 241 g/mol. The lowest BCUT2D eigenvalue weighted by Crippen LogP contribution is -2.03. The van der Waals surface area contributed by atoms with Crippen molar-refractivity contribution in [3.8, 4) is 0 Å². The van der Waals surface area contributed by atoms with Crippen LogP contribution in [0, 0.1) is 0 Å². The first-order valence-corrected chi connectivity index (χ1v) is 5.97. The van der Waals surface area contributed by atoms with Gasteiger partial charge in [0.1, 0.15) is 0 Å². The fourth-order valence-corrected chi connectivity index (χ4v) is 1.43. The molecule has 1 atom stereocenters. The van der Waals surface area contributed by atoms with Gasteiger partial charge in [-0.15, -0.1) is 0 Å². The second-order valence-corrected chi connectivity index (χ2v) is 4.12. The molecule has 0 aliphatic heterocycles. The number of benzene rings is 2. The van der Waals surface area contributed by atoms with Gasteiger partial charge in [-0.2, -0.15) is 0 Å². The van der Waals surface area contributed by atoms with Gasteiger partial charge in [0.15, 0.2) is 5.78 Å². The van der Waals surface area contributed by atoms with Gasteiger partial charge >= 0.3 is 0 Å². The number of Topliss-reactive ketones (excluding diaryl/α,β-unsaturated/α-hetero) is 1. The average molecular weight is 241 g/mol. The molecular formula is C16H19NO. The first kappa shape index (κ1) is 14.1. The maximum Gasteiger partial charge on any atom is 0.159 e. The van der Waals surface area contributed by atoms with E-state index in [-0.39, 0.29) is 11.8 Å². The zero-order chi connectivity index (χ0) is 13.4. The van der Waals surface area contributed by atoms with Crippen LogP contribution in [0.4, 0.5) is 0 Å². The Bertz CT molecular complexity index is 463. The van der Waals surface area contributed by atoms with E-state index in [9.17, 15) is 4.79 Å². The zero-order valence-electron chi connectivity index (χ0n) is 10.8. The van der Waals surface area contributed by atoms with Crippen molar-refractivity contribution in [2.45, 2.75) is 19.9 Å². The van der Waals surface area contributed by atoms with Crippen molar-refractivity contribution in [3.05, 3.63) is 71.8 Å². The van der Waals surface area contributed by atoms with E-state index >= 15 is 0 Å². The van der Waals surface area contributed by atoms with Gasteiger partial charge in [-0.25, -0.2) is 0 Å². The summed E-state index contributed by atoms with van der Waals surface area (Å²) in [5.41, 5.74) is 7.58. The van der Waals surface area contributed by atoms with E-state index in [0.29, 0.717) is 0 Å². The lowest BCUT2D eigenvalue weighted by atomic mass is 10.1. The highest BCUT2D eigenvalue weighted by molar-refractivity contribution is 5.93. The summed E-state index contributed by atoms with van der Waals surface area (Å²) in [6, 6.07) is 19.4. The number of rotatable bonds is 2. The SMILES string of the molecule is CC(=O)c1ccccc1.C[C@H](N)c1ccccc1. The highest BCUT2D eigenvalue weighted by atomic mass is 16.1. The Hall–Kier alpha value is -1.93. The van der Waals surface area contributed by atoms with E-state index in [1.54, 1.807) is 6.92 Å². The molecule has 0 aromatic heterocycles. The maximum atomic E-state index is 10.6. The summed E-state index contributed by atoms with van der Waals surface area (Å²) in [5, 5.41) is 0. The number of carbonyl (C=O) groups excluding carboxylic acids is 1. The van der Waals surface area contributed by atoms with Gasteiger partial charge in [0.05, 0.1) is 0 Å². The van der Waals surface area contributed by atoms with Crippen LogP contribution in [0.2, 0.25) is 0 Å². The van der Waals surface area contributed by atoms with Crippen molar-refractivity contribution in [1.82, 2.24) is 0 Å². The Morgan fingerprint density at radius 3 is 1.67 bits per heavy atom. The van der Waals surface area contributed by atoms with Gasteiger partial charge in [-0.3, -0.25) is 4.79 Å². The van der Waals surface area contributed by atoms with Gasteiger partial charge in [-0.05, 0) is 19.4 Å². The van der Waals surface area contributed by atoms with E-state index in [1.807, 2.05) is 67.6 Å². The fourth-order valence-electron chi connectivity index (χ4n) is 1.43. The molecule has 0 spiro atoms. The van der Waals surface area contributed by atoms with Crippen LogP contribution in [0.3, 0.4) is 0 Å². The van der Waals surface area contributed by atoms with Crippen molar-refractivity contribution in [1.29, 1.82) is 0 Å². The number of hydrogen-bond acceptors (Lipinski definition) is 2. The molecule has 0 unspecified atom stereocenters. The third-order valence-electron chi connectivity index (χ3n) is 2.51. The molecule has 2 heteroatoms. The molecule has 2 N–H and O–H groups in total. The molecule has 94 valence electrons. The Labute approximate surface area is 108 Å². The first-order chi connectivity index (χ1) is 8.61. The van der Waals surface area contributed by atoms with Crippen molar-refractivity contribution in [3.63, 3.8) is 0 Å². The fraction of sp³-hybridized carbons (Fsp3) is 0.188. The Balaban J connectivity index is 0.000000180. The molecule has 0 aliphatic carbocycles. The van der Waals surface area contributed by atoms with E-state index in [4.69, 9.17) is 5.73 Å². The smallest absolute Gasteiger partial charge is 0.159 e. The molecule has 0 radical (unpaired) electrons. The lowest BCUT2D eigenvalue weighted by molar-refractivity contribution is 0.101. The van der Waals surface area contributed by atoms with Gasteiger partial charge in [-0.1, -0.05) is 60.7 Å². The summed E-state index contributed by atoms with van der Waals surface area (Å²) >= 11 is 0. The minimum Gasteiger partial charge on any atom is -0.324 e. The molecule has 0 fully saturated rings. The molecular weight excluding hydrogens is 222 g/mol. The molecule has 18 heavy (non-hydrogen) atoms. The second-order valence-electron chi connectivity index (χ2n) is 4.12. The molecule has 0 amide bonds. The van der Waals surface area contributed by atoms with Gasteiger partial charge in [0, 0.05) is 11.6 Å². The van der Waals surface area contributed by atoms with Crippen LogP contribution in [0.5, 0.6) is 0 Å². The molecule has 2 aromatic rings. The van der Waals surface area contributed by atoms with Crippen molar-refractivity contribution in [2.24, 2.45) is 5.73 Å². The van der Waals surface area contributed by atoms with Crippen LogP contribution in [0.15, 0.2) is 60.7 Å². The summed E-state index contributed by atoms with van der Waals surface area (Å²) < 4.78 is 0. The topological polar surface area (TPSA) is 43.1 Å². The zero-order valence-corrected chi connectivity index (χ0v) is 10.8. The second kappa shape index (κ2) is 7.41. The van der Waals surface area contributed by atoms with Crippen LogP contribution < -0.4 is 5.73 Å². The summed E-state index contributed by atoms with van der Waals surface area (Å²) in [6.45, 7) is 3.55. The molecule has 2 aromatic carbocycles. The van der Waals surface area contributed by atoms with Gasteiger partial charge in [0.2, 0.25) is 0 Å². The average Bonchev–Trinajstić information content (AvgIpc) is 2.41. The van der Waals surface area contributed by atoms with Crippen molar-refractivity contribution in [2.75, 3.05) is 0 Å². The molecule has 2 rings (SSSR count). The van der Waals surface area contributed by atoms with Crippen LogP contribution >= 0.6 is 0 Å². The van der Waals surface area contributed by atoms with Crippen molar-refractivity contribution < 1.29 is 4.79 Å². The Morgan fingerprint density at radius 1 is 0.944 bits per heavy atom. The summed E-state index contributed by atoms with van der Waals surface area (Å²) in [4.78, 5) is 10.6. The minimum absolute atomic E-state index is 0.121. The van der Waals surface area contributed by atoms with Crippen LogP contribution in [-0.4, -0.2) is 5.78 Å². The molecule has 0 saturated heterocycles. The van der Waals surface area contributed by atoms with E-state index in [2.05, 4.69) is 0 Å². The molecule has 0 aliphatic rings. The largest absolute Gasteiger partial charge is 0.324 e. The van der Waals surface area contributed by atoms with E-state index in [1.165, 1.54) is 5.56 Å². The molecule has 0 bridgehead atoms. The van der Waals surface area contributed by atoms with Crippen LogP contribution in [0.25, 0.3) is 0 Å². The summed E-state index contributed by atoms with van der Waals surface area (Å²) in [5.74, 6) is 0.121. The van der Waals surface area contributed by atoms with Crippen LogP contribution in [0.1, 0.15) is 35.8 Å². The predicted molar refractivity (Wildman–Crippen MR) is 75.5 cm³/mol. The highest BCUT2D eigenvalue weighted by Gasteiger charge is 1.93. The van der Waals surface area contributed by atoms with Crippen molar-refractivity contribution >= 4 is 5.78 Å². The Morgan fingerprint density at radius 2 is 1.39 bits per heavy atom. The standard InChI is InChI=1S/C8H11N.C8H8O/c2*1-7(9)8-5-3-2-4-6-8/h2-7H,9H2,1H3;2-6H,1H3/t7-;/m0./s1. The van der Waals surface area contributed by atoms with Crippen LogP contribution in [-0.2, 0) is 0 Å². The highest BCUT2D eigenvalue weighted by Crippen LogP contribution is 2.06. The minimum atomic E-state index is 0.121. The normalized spacial score (nSPS) is 11.1. The summed E-state index contributed by atoms with van der Waals surface area (Å²) in [7, 11) is 0. The summed E-state index contributed by atoms with van der Waals surface area (Å²) in [6.07, 6.45) is 0. The van der Waals surface area contributed by atoms with E-state index in [0.717, 1.165) is 5.56 Å². The third kappa shape index (κ3) is 4.93. The van der Waals surface area contributed by atoms with Gasteiger partial charge < -0.3 is 5.73 Å². The first-order valence-electron chi connectivity index (χ1n) is 5.97. The molecule has 0 heterocycles. The number of ketones is 1. The molecule has 2 nitrogen and oxygen atoms in total. The maximum absolute atomic E-state index is 10.6.